The Morgan fingerprint density at radius 1 is 1.50 bits per heavy atom. The van der Waals surface area contributed by atoms with E-state index in [-0.39, 0.29) is 24.0 Å². The molecule has 0 radical (unpaired) electrons. The molecule has 18 heavy (non-hydrogen) atoms. The quantitative estimate of drug-likeness (QED) is 0.369. The molecule has 0 fully saturated rings. The van der Waals surface area contributed by atoms with E-state index in [0.717, 1.165) is 11.3 Å². The van der Waals surface area contributed by atoms with Gasteiger partial charge >= 0.3 is 0 Å². The van der Waals surface area contributed by atoms with Crippen molar-refractivity contribution in [3.8, 4) is 0 Å². The highest BCUT2D eigenvalue weighted by atomic mass is 127. The van der Waals surface area contributed by atoms with Crippen LogP contribution in [0.4, 0.5) is 0 Å². The summed E-state index contributed by atoms with van der Waals surface area (Å²) in [6, 6.07) is 3.71. The smallest absolute Gasteiger partial charge is 0.189 e. The molecule has 0 aliphatic carbocycles. The van der Waals surface area contributed by atoms with Gasteiger partial charge < -0.3 is 11.1 Å². The lowest BCUT2D eigenvalue weighted by atomic mass is 10.4. The molecular formula is C11H15IN6. The standard InChI is InChI=1S/C11H14N6.HI/c1-2-5-14-11(12)15-8-9-3-6-13-10-4-7-16-17(9)10;/h2-4,6-7H,1,5,8H2,(H3,12,14,15);1H. The van der Waals surface area contributed by atoms with E-state index in [9.17, 15) is 0 Å². The van der Waals surface area contributed by atoms with Crippen molar-refractivity contribution < 1.29 is 0 Å². The molecule has 2 heterocycles. The number of aliphatic imine (C=N–C) groups is 1. The van der Waals surface area contributed by atoms with Crippen LogP contribution in [-0.4, -0.2) is 27.1 Å². The lowest BCUT2D eigenvalue weighted by molar-refractivity contribution is 0.829. The lowest BCUT2D eigenvalue weighted by Crippen LogP contribution is -2.31. The first-order chi connectivity index (χ1) is 8.31. The Hall–Kier alpha value is -1.64. The third-order valence-electron chi connectivity index (χ3n) is 2.21. The Kier molecular flexibility index (Phi) is 5.56. The van der Waals surface area contributed by atoms with Gasteiger partial charge in [-0.05, 0) is 6.07 Å². The summed E-state index contributed by atoms with van der Waals surface area (Å²) in [4.78, 5) is 8.38. The number of fused-ring (bicyclic) bond motifs is 1. The summed E-state index contributed by atoms with van der Waals surface area (Å²) < 4.78 is 1.74. The average molecular weight is 358 g/mol. The lowest BCUT2D eigenvalue weighted by Gasteiger charge is -2.03. The molecule has 6 nitrogen and oxygen atoms in total. The molecule has 0 spiro atoms. The zero-order valence-electron chi connectivity index (χ0n) is 9.78. The number of nitrogens with one attached hydrogen (secondary N) is 1. The van der Waals surface area contributed by atoms with Gasteiger partial charge in [-0.2, -0.15) is 5.10 Å². The van der Waals surface area contributed by atoms with E-state index >= 15 is 0 Å². The summed E-state index contributed by atoms with van der Waals surface area (Å²) in [6.07, 6.45) is 5.16. The second kappa shape index (κ2) is 6.94. The van der Waals surface area contributed by atoms with Crippen molar-refractivity contribution in [3.05, 3.63) is 42.9 Å². The fourth-order valence-electron chi connectivity index (χ4n) is 1.40. The summed E-state index contributed by atoms with van der Waals surface area (Å²) in [5, 5.41) is 7.08. The van der Waals surface area contributed by atoms with Crippen LogP contribution in [0.2, 0.25) is 0 Å². The highest BCUT2D eigenvalue weighted by Crippen LogP contribution is 2.03. The van der Waals surface area contributed by atoms with Crippen molar-refractivity contribution >= 4 is 35.6 Å². The maximum Gasteiger partial charge on any atom is 0.189 e. The van der Waals surface area contributed by atoms with Gasteiger partial charge in [-0.3, -0.25) is 0 Å². The van der Waals surface area contributed by atoms with E-state index in [2.05, 4.69) is 27.0 Å². The minimum Gasteiger partial charge on any atom is -0.370 e. The maximum absolute atomic E-state index is 5.67. The van der Waals surface area contributed by atoms with Crippen molar-refractivity contribution in [1.29, 1.82) is 0 Å². The number of halogens is 1. The normalized spacial score (nSPS) is 11.0. The Morgan fingerprint density at radius 2 is 2.33 bits per heavy atom. The van der Waals surface area contributed by atoms with E-state index in [1.165, 1.54) is 0 Å². The van der Waals surface area contributed by atoms with Crippen LogP contribution in [0.15, 0.2) is 42.2 Å². The van der Waals surface area contributed by atoms with Crippen LogP contribution < -0.4 is 11.1 Å². The molecule has 0 aliphatic rings. The predicted molar refractivity (Wildman–Crippen MR) is 81.9 cm³/mol. The fraction of sp³-hybridized carbons (Fsp3) is 0.182. The van der Waals surface area contributed by atoms with Crippen molar-refractivity contribution in [3.63, 3.8) is 0 Å². The number of guanidine groups is 1. The predicted octanol–water partition coefficient (Wildman–Crippen LogP) is 0.938. The van der Waals surface area contributed by atoms with Crippen LogP contribution in [0.3, 0.4) is 0 Å². The first-order valence-electron chi connectivity index (χ1n) is 5.23. The Bertz CT molecular complexity index is 547. The number of hydrogen-bond acceptors (Lipinski definition) is 3. The third-order valence-corrected chi connectivity index (χ3v) is 2.21. The molecule has 0 aromatic carbocycles. The number of nitrogens with zero attached hydrogens (tertiary/aromatic N) is 4. The average Bonchev–Trinajstić information content (AvgIpc) is 2.82. The van der Waals surface area contributed by atoms with Crippen LogP contribution >= 0.6 is 24.0 Å². The fourth-order valence-corrected chi connectivity index (χ4v) is 1.40. The Labute approximate surface area is 122 Å². The van der Waals surface area contributed by atoms with Crippen LogP contribution in [-0.2, 0) is 6.54 Å². The molecule has 0 aliphatic heterocycles. The van der Waals surface area contributed by atoms with Gasteiger partial charge in [0.2, 0.25) is 0 Å². The Morgan fingerprint density at radius 3 is 3.11 bits per heavy atom. The van der Waals surface area contributed by atoms with Crippen molar-refractivity contribution in [1.82, 2.24) is 19.9 Å². The topological polar surface area (TPSA) is 80.6 Å². The SMILES string of the molecule is C=CCNC(N)=NCc1ccnc2ccnn12.I. The molecule has 96 valence electrons. The van der Waals surface area contributed by atoms with Crippen molar-refractivity contribution in [2.45, 2.75) is 6.54 Å². The Balaban J connectivity index is 0.00000162. The van der Waals surface area contributed by atoms with Gasteiger partial charge in [-0.1, -0.05) is 6.08 Å². The summed E-state index contributed by atoms with van der Waals surface area (Å²) in [5.41, 5.74) is 7.41. The number of aromatic nitrogens is 3. The molecular weight excluding hydrogens is 343 g/mol. The largest absolute Gasteiger partial charge is 0.370 e. The van der Waals surface area contributed by atoms with Gasteiger partial charge in [-0.25, -0.2) is 14.5 Å². The van der Waals surface area contributed by atoms with Crippen LogP contribution in [0, 0.1) is 0 Å². The second-order valence-electron chi connectivity index (χ2n) is 3.41. The van der Waals surface area contributed by atoms with Gasteiger partial charge in [0, 0.05) is 18.8 Å². The van der Waals surface area contributed by atoms with E-state index in [1.54, 1.807) is 23.0 Å². The minimum atomic E-state index is 0. The highest BCUT2D eigenvalue weighted by Gasteiger charge is 2.00. The number of hydrogen-bond donors (Lipinski definition) is 2. The molecule has 3 N–H and O–H groups in total. The zero-order valence-corrected chi connectivity index (χ0v) is 12.1. The summed E-state index contributed by atoms with van der Waals surface area (Å²) >= 11 is 0. The van der Waals surface area contributed by atoms with E-state index in [4.69, 9.17) is 5.73 Å². The van der Waals surface area contributed by atoms with Gasteiger partial charge in [0.1, 0.15) is 0 Å². The molecule has 2 aromatic heterocycles. The second-order valence-corrected chi connectivity index (χ2v) is 3.41. The van der Waals surface area contributed by atoms with E-state index < -0.39 is 0 Å². The molecule has 0 amide bonds. The molecule has 7 heteroatoms. The molecule has 2 rings (SSSR count). The van der Waals surface area contributed by atoms with Gasteiger partial charge in [0.15, 0.2) is 11.6 Å². The minimum absolute atomic E-state index is 0. The number of nitrogens with two attached hydrogens (primary N) is 1. The van der Waals surface area contributed by atoms with Gasteiger partial charge in [0.25, 0.3) is 0 Å². The van der Waals surface area contributed by atoms with E-state index in [0.29, 0.717) is 19.0 Å². The molecule has 0 saturated heterocycles. The molecule has 0 bridgehead atoms. The van der Waals surface area contributed by atoms with Gasteiger partial charge in [0.05, 0.1) is 18.4 Å². The number of rotatable bonds is 4. The van der Waals surface area contributed by atoms with Crippen LogP contribution in [0.5, 0.6) is 0 Å². The molecule has 0 saturated carbocycles. The summed E-state index contributed by atoms with van der Waals surface area (Å²) in [6.45, 7) is 4.64. The first kappa shape index (κ1) is 14.4. The summed E-state index contributed by atoms with van der Waals surface area (Å²) in [5.74, 6) is 0.391. The third kappa shape index (κ3) is 3.42. The van der Waals surface area contributed by atoms with Crippen molar-refractivity contribution in [2.75, 3.05) is 6.54 Å². The van der Waals surface area contributed by atoms with Crippen LogP contribution in [0.1, 0.15) is 5.69 Å². The van der Waals surface area contributed by atoms with Crippen LogP contribution in [0.25, 0.3) is 5.65 Å². The molecule has 0 atom stereocenters. The highest BCUT2D eigenvalue weighted by molar-refractivity contribution is 14.0. The summed E-state index contributed by atoms with van der Waals surface area (Å²) in [7, 11) is 0. The first-order valence-corrected chi connectivity index (χ1v) is 5.23. The van der Waals surface area contributed by atoms with Crippen molar-refractivity contribution in [2.24, 2.45) is 10.7 Å². The zero-order chi connectivity index (χ0) is 12.1. The molecule has 2 aromatic rings. The van der Waals surface area contributed by atoms with E-state index in [1.807, 2.05) is 12.1 Å². The monoisotopic (exact) mass is 358 g/mol. The molecule has 0 unspecified atom stereocenters. The maximum atomic E-state index is 5.67. The van der Waals surface area contributed by atoms with Gasteiger partial charge in [-0.15, -0.1) is 30.6 Å².